The van der Waals surface area contributed by atoms with Gasteiger partial charge in [-0.15, -0.1) is 0 Å². The molecule has 1 aliphatic carbocycles. The summed E-state index contributed by atoms with van der Waals surface area (Å²) >= 11 is 12.6. The van der Waals surface area contributed by atoms with Crippen LogP contribution in [0.2, 0.25) is 10.0 Å². The van der Waals surface area contributed by atoms with Crippen molar-refractivity contribution in [2.24, 2.45) is 0 Å². The van der Waals surface area contributed by atoms with Gasteiger partial charge in [0.15, 0.2) is 0 Å². The van der Waals surface area contributed by atoms with Crippen molar-refractivity contribution >= 4 is 28.8 Å². The van der Waals surface area contributed by atoms with Crippen LogP contribution < -0.4 is 0 Å². The van der Waals surface area contributed by atoms with Gasteiger partial charge in [0, 0.05) is 28.2 Å². The lowest BCUT2D eigenvalue weighted by molar-refractivity contribution is 0.178. The van der Waals surface area contributed by atoms with E-state index in [0.717, 1.165) is 23.2 Å². The Morgan fingerprint density at radius 2 is 1.89 bits per heavy atom. The van der Waals surface area contributed by atoms with Crippen LogP contribution in [0.5, 0.6) is 0 Å². The third-order valence-electron chi connectivity index (χ3n) is 3.68. The van der Waals surface area contributed by atoms with Gasteiger partial charge in [0.25, 0.3) is 0 Å². The molecule has 1 aliphatic rings. The Morgan fingerprint density at radius 3 is 2.33 bits per heavy atom. The van der Waals surface area contributed by atoms with Crippen LogP contribution >= 0.6 is 23.2 Å². The molecule has 0 bridgehead atoms. The molecule has 0 heterocycles. The molecule has 0 N–H and O–H groups in total. The van der Waals surface area contributed by atoms with Gasteiger partial charge in [-0.05, 0) is 50.1 Å². The molecule has 0 aromatic heterocycles. The average Bonchev–Trinajstić information content (AvgIpc) is 2.11. The fourth-order valence-corrected chi connectivity index (χ4v) is 3.24. The quantitative estimate of drug-likeness (QED) is 0.767. The Balaban J connectivity index is 2.13. The Bertz CT molecular complexity index is 441. The molecule has 0 aliphatic heterocycles. The summed E-state index contributed by atoms with van der Waals surface area (Å²) in [6, 6.07) is 4.58. The topological polar surface area (TPSA) is 3.24 Å². The van der Waals surface area contributed by atoms with Crippen molar-refractivity contribution in [3.05, 3.63) is 39.9 Å². The largest absolute Gasteiger partial charge is 0.299 e. The zero-order chi connectivity index (χ0) is 13.3. The van der Waals surface area contributed by atoms with E-state index in [1.807, 2.05) is 19.1 Å². The average molecular weight is 284 g/mol. The Hall–Kier alpha value is -0.500. The molecule has 18 heavy (non-hydrogen) atoms. The number of nitrogens with zero attached hydrogens (tertiary/aromatic N) is 1. The van der Waals surface area contributed by atoms with E-state index in [1.165, 1.54) is 19.3 Å². The highest BCUT2D eigenvalue weighted by Crippen LogP contribution is 2.33. The SMILES string of the molecule is C=C(CN(C)C1CCC1)c1c(Cl)cc(C)cc1Cl. The van der Waals surface area contributed by atoms with Gasteiger partial charge in [0.05, 0.1) is 0 Å². The molecule has 0 radical (unpaired) electrons. The first-order valence-electron chi connectivity index (χ1n) is 6.33. The summed E-state index contributed by atoms with van der Waals surface area (Å²) < 4.78 is 0. The molecule has 1 aromatic carbocycles. The summed E-state index contributed by atoms with van der Waals surface area (Å²) in [6.45, 7) is 6.96. The highest BCUT2D eigenvalue weighted by Gasteiger charge is 2.23. The monoisotopic (exact) mass is 283 g/mol. The van der Waals surface area contributed by atoms with Crippen LogP contribution in [0.15, 0.2) is 18.7 Å². The van der Waals surface area contributed by atoms with Crippen molar-refractivity contribution in [3.8, 4) is 0 Å². The number of aryl methyl sites for hydroxylation is 1. The zero-order valence-corrected chi connectivity index (χ0v) is 12.5. The second-order valence-corrected chi connectivity index (χ2v) is 6.02. The van der Waals surface area contributed by atoms with Crippen LogP contribution in [0.1, 0.15) is 30.4 Å². The summed E-state index contributed by atoms with van der Waals surface area (Å²) in [5, 5.41) is 1.40. The predicted octanol–water partition coefficient (Wildman–Crippen LogP) is 4.80. The van der Waals surface area contributed by atoms with Gasteiger partial charge in [-0.1, -0.05) is 36.2 Å². The molecule has 0 unspecified atom stereocenters. The van der Waals surface area contributed by atoms with Gasteiger partial charge in [0.1, 0.15) is 0 Å². The normalized spacial score (nSPS) is 15.8. The van der Waals surface area contributed by atoms with Crippen molar-refractivity contribution in [2.45, 2.75) is 32.2 Å². The van der Waals surface area contributed by atoms with Crippen molar-refractivity contribution < 1.29 is 0 Å². The third-order valence-corrected chi connectivity index (χ3v) is 4.27. The lowest BCUT2D eigenvalue weighted by Crippen LogP contribution is -2.37. The maximum absolute atomic E-state index is 6.28. The molecule has 0 saturated heterocycles. The van der Waals surface area contributed by atoms with Gasteiger partial charge in [-0.25, -0.2) is 0 Å². The highest BCUT2D eigenvalue weighted by molar-refractivity contribution is 6.37. The van der Waals surface area contributed by atoms with Crippen molar-refractivity contribution in [3.63, 3.8) is 0 Å². The molecule has 0 atom stereocenters. The van der Waals surface area contributed by atoms with Gasteiger partial charge < -0.3 is 0 Å². The van der Waals surface area contributed by atoms with Gasteiger partial charge in [-0.3, -0.25) is 4.90 Å². The highest BCUT2D eigenvalue weighted by atomic mass is 35.5. The van der Waals surface area contributed by atoms with E-state index in [0.29, 0.717) is 16.1 Å². The Kier molecular flexibility index (Phi) is 4.37. The number of rotatable bonds is 4. The predicted molar refractivity (Wildman–Crippen MR) is 80.5 cm³/mol. The molecule has 3 heteroatoms. The molecular weight excluding hydrogens is 265 g/mol. The molecule has 0 amide bonds. The summed E-state index contributed by atoms with van der Waals surface area (Å²) in [5.41, 5.74) is 2.98. The van der Waals surface area contributed by atoms with Gasteiger partial charge in [0.2, 0.25) is 0 Å². The molecular formula is C15H19Cl2N. The zero-order valence-electron chi connectivity index (χ0n) is 11.0. The number of benzene rings is 1. The lowest BCUT2D eigenvalue weighted by Gasteiger charge is -2.35. The standard InChI is InChI=1S/C15H19Cl2N/c1-10-7-13(16)15(14(17)8-10)11(2)9-18(3)12-5-4-6-12/h7-8,12H,2,4-6,9H2,1,3H3. The van der Waals surface area contributed by atoms with Crippen molar-refractivity contribution in [1.29, 1.82) is 0 Å². The van der Waals surface area contributed by atoms with Crippen LogP contribution in [-0.2, 0) is 0 Å². The summed E-state index contributed by atoms with van der Waals surface area (Å²) in [7, 11) is 2.14. The molecule has 98 valence electrons. The number of halogens is 2. The Labute approximate surface area is 119 Å². The van der Waals surface area contributed by atoms with E-state index in [9.17, 15) is 0 Å². The number of likely N-dealkylation sites (N-methyl/N-ethyl adjacent to an activating group) is 1. The molecule has 1 saturated carbocycles. The lowest BCUT2D eigenvalue weighted by atomic mass is 9.91. The maximum atomic E-state index is 6.28. The minimum Gasteiger partial charge on any atom is -0.299 e. The first-order valence-corrected chi connectivity index (χ1v) is 7.08. The molecule has 1 fully saturated rings. The van der Waals surface area contributed by atoms with E-state index in [1.54, 1.807) is 0 Å². The fourth-order valence-electron chi connectivity index (χ4n) is 2.37. The van der Waals surface area contributed by atoms with E-state index >= 15 is 0 Å². The van der Waals surface area contributed by atoms with E-state index in [4.69, 9.17) is 23.2 Å². The molecule has 1 nitrogen and oxygen atoms in total. The van der Waals surface area contributed by atoms with Crippen LogP contribution in [0, 0.1) is 6.92 Å². The third kappa shape index (κ3) is 2.90. The minimum absolute atomic E-state index is 0.699. The summed E-state index contributed by atoms with van der Waals surface area (Å²) in [6.07, 6.45) is 3.92. The summed E-state index contributed by atoms with van der Waals surface area (Å²) in [4.78, 5) is 2.35. The van der Waals surface area contributed by atoms with Crippen LogP contribution in [0.25, 0.3) is 5.57 Å². The molecule has 1 aromatic rings. The second kappa shape index (κ2) is 5.64. The molecule has 2 rings (SSSR count). The maximum Gasteiger partial charge on any atom is 0.0499 e. The fraction of sp³-hybridized carbons (Fsp3) is 0.467. The van der Waals surface area contributed by atoms with Gasteiger partial charge >= 0.3 is 0 Å². The van der Waals surface area contributed by atoms with Gasteiger partial charge in [-0.2, -0.15) is 0 Å². The van der Waals surface area contributed by atoms with E-state index < -0.39 is 0 Å². The van der Waals surface area contributed by atoms with Crippen molar-refractivity contribution in [2.75, 3.05) is 13.6 Å². The van der Waals surface area contributed by atoms with E-state index in [-0.39, 0.29) is 0 Å². The second-order valence-electron chi connectivity index (χ2n) is 5.21. The first kappa shape index (κ1) is 13.9. The van der Waals surface area contributed by atoms with Crippen LogP contribution in [0.3, 0.4) is 0 Å². The smallest absolute Gasteiger partial charge is 0.0499 e. The van der Waals surface area contributed by atoms with Crippen LogP contribution in [-0.4, -0.2) is 24.5 Å². The van der Waals surface area contributed by atoms with Crippen LogP contribution in [0.4, 0.5) is 0 Å². The van der Waals surface area contributed by atoms with E-state index in [2.05, 4.69) is 18.5 Å². The number of hydrogen-bond acceptors (Lipinski definition) is 1. The summed E-state index contributed by atoms with van der Waals surface area (Å²) in [5.74, 6) is 0. The number of hydrogen-bond donors (Lipinski definition) is 0. The first-order chi connectivity index (χ1) is 8.49. The molecule has 0 spiro atoms. The Morgan fingerprint density at radius 1 is 1.33 bits per heavy atom. The minimum atomic E-state index is 0.699. The van der Waals surface area contributed by atoms with Crippen molar-refractivity contribution in [1.82, 2.24) is 4.90 Å².